The summed E-state index contributed by atoms with van der Waals surface area (Å²) in [5.41, 5.74) is 0. The molecule has 0 bridgehead atoms. The second-order valence-corrected chi connectivity index (χ2v) is 8.63. The Labute approximate surface area is 89.8 Å². The van der Waals surface area contributed by atoms with E-state index in [0.29, 0.717) is 0 Å². The van der Waals surface area contributed by atoms with Crippen molar-refractivity contribution in [1.29, 1.82) is 0 Å². The molecule has 4 heteroatoms. The SMILES string of the molecule is CC[Si](CCC[N+](C)(C)C)(OC)OC. The molecule has 0 rings (SSSR count). The van der Waals surface area contributed by atoms with E-state index < -0.39 is 8.56 Å². The van der Waals surface area contributed by atoms with Crippen LogP contribution in [0.2, 0.25) is 12.1 Å². The molecule has 0 aliphatic heterocycles. The van der Waals surface area contributed by atoms with Crippen molar-refractivity contribution in [2.75, 3.05) is 41.9 Å². The average Bonchev–Trinajstić information content (AvgIpc) is 2.11. The van der Waals surface area contributed by atoms with Crippen LogP contribution in [0.5, 0.6) is 0 Å². The quantitative estimate of drug-likeness (QED) is 0.481. The summed E-state index contributed by atoms with van der Waals surface area (Å²) in [6.07, 6.45) is 1.19. The molecule has 0 aliphatic rings. The van der Waals surface area contributed by atoms with E-state index in [1.807, 2.05) is 0 Å². The van der Waals surface area contributed by atoms with Crippen LogP contribution >= 0.6 is 0 Å². The van der Waals surface area contributed by atoms with Crippen molar-refractivity contribution in [1.82, 2.24) is 0 Å². The van der Waals surface area contributed by atoms with E-state index in [4.69, 9.17) is 8.85 Å². The predicted molar refractivity (Wildman–Crippen MR) is 62.6 cm³/mol. The molecule has 0 saturated carbocycles. The van der Waals surface area contributed by atoms with E-state index in [9.17, 15) is 0 Å². The molecule has 14 heavy (non-hydrogen) atoms. The van der Waals surface area contributed by atoms with E-state index in [0.717, 1.165) is 16.6 Å². The Balaban J connectivity index is 3.95. The normalized spacial score (nSPS) is 13.3. The highest BCUT2D eigenvalue weighted by atomic mass is 28.4. The van der Waals surface area contributed by atoms with Gasteiger partial charge < -0.3 is 13.3 Å². The molecule has 0 radical (unpaired) electrons. The van der Waals surface area contributed by atoms with Gasteiger partial charge in [0.25, 0.3) is 0 Å². The Morgan fingerprint density at radius 1 is 1.07 bits per heavy atom. The third-order valence-corrected chi connectivity index (χ3v) is 6.35. The zero-order valence-corrected chi connectivity index (χ0v) is 11.6. The molecule has 0 fully saturated rings. The average molecular weight is 220 g/mol. The minimum atomic E-state index is -1.83. The van der Waals surface area contributed by atoms with Crippen LogP contribution in [0.25, 0.3) is 0 Å². The van der Waals surface area contributed by atoms with E-state index in [-0.39, 0.29) is 0 Å². The Kier molecular flexibility index (Phi) is 5.89. The first-order valence-corrected chi connectivity index (χ1v) is 7.53. The van der Waals surface area contributed by atoms with Crippen LogP contribution in [0.15, 0.2) is 0 Å². The van der Waals surface area contributed by atoms with Crippen molar-refractivity contribution >= 4 is 8.56 Å². The van der Waals surface area contributed by atoms with E-state index in [1.54, 1.807) is 14.2 Å². The summed E-state index contributed by atoms with van der Waals surface area (Å²) in [7, 11) is 8.39. The van der Waals surface area contributed by atoms with Gasteiger partial charge in [0.2, 0.25) is 0 Å². The van der Waals surface area contributed by atoms with Gasteiger partial charge in [0.05, 0.1) is 27.7 Å². The maximum atomic E-state index is 5.56. The van der Waals surface area contributed by atoms with E-state index in [1.165, 1.54) is 13.0 Å². The molecule has 0 spiro atoms. The van der Waals surface area contributed by atoms with Gasteiger partial charge in [-0.1, -0.05) is 6.92 Å². The van der Waals surface area contributed by atoms with Crippen LogP contribution in [0.1, 0.15) is 13.3 Å². The van der Waals surface area contributed by atoms with Crippen molar-refractivity contribution in [2.24, 2.45) is 0 Å². The molecule has 3 nitrogen and oxygen atoms in total. The summed E-state index contributed by atoms with van der Waals surface area (Å²) in [4.78, 5) is 0. The zero-order valence-electron chi connectivity index (χ0n) is 10.6. The van der Waals surface area contributed by atoms with Crippen LogP contribution in [0.4, 0.5) is 0 Å². The zero-order chi connectivity index (χ0) is 11.2. The molecule has 0 amide bonds. The fraction of sp³-hybridized carbons (Fsp3) is 1.00. The van der Waals surface area contributed by atoms with E-state index in [2.05, 4.69) is 28.1 Å². The van der Waals surface area contributed by atoms with Crippen LogP contribution in [-0.4, -0.2) is 55.0 Å². The molecule has 0 unspecified atom stereocenters. The minimum Gasteiger partial charge on any atom is -0.398 e. The summed E-state index contributed by atoms with van der Waals surface area (Å²) >= 11 is 0. The largest absolute Gasteiger partial charge is 0.398 e. The second-order valence-electron chi connectivity index (χ2n) is 4.79. The number of hydrogen-bond donors (Lipinski definition) is 0. The highest BCUT2D eigenvalue weighted by Crippen LogP contribution is 2.19. The summed E-state index contributed by atoms with van der Waals surface area (Å²) in [5.74, 6) is 0. The van der Waals surface area contributed by atoms with Crippen LogP contribution in [0, 0.1) is 0 Å². The standard InChI is InChI=1S/C10H26NO2Si/c1-7-14(12-5,13-6)10-8-9-11(2,3)4/h7-10H2,1-6H3/q+1. The Morgan fingerprint density at radius 3 is 1.86 bits per heavy atom. The van der Waals surface area contributed by atoms with Gasteiger partial charge in [-0.05, 0) is 18.5 Å². The minimum absolute atomic E-state index is 1.02. The molecule has 0 atom stereocenters. The smallest absolute Gasteiger partial charge is 0.337 e. The third kappa shape index (κ3) is 5.10. The first-order chi connectivity index (χ1) is 6.39. The molecule has 0 saturated heterocycles. The molecule has 0 N–H and O–H groups in total. The molecule has 0 aromatic carbocycles. The highest BCUT2D eigenvalue weighted by molar-refractivity contribution is 6.67. The Hall–Kier alpha value is 0.0969. The molecular weight excluding hydrogens is 194 g/mol. The van der Waals surface area contributed by atoms with Crippen LogP contribution in [-0.2, 0) is 8.85 Å². The fourth-order valence-corrected chi connectivity index (χ4v) is 3.78. The number of rotatable bonds is 7. The monoisotopic (exact) mass is 220 g/mol. The number of nitrogens with zero attached hydrogens (tertiary/aromatic N) is 1. The summed E-state index contributed by atoms with van der Waals surface area (Å²) in [5, 5.41) is 0. The molecular formula is C10H26NO2Si+. The molecule has 0 aliphatic carbocycles. The first kappa shape index (κ1) is 14.1. The van der Waals surface area contributed by atoms with Crippen molar-refractivity contribution < 1.29 is 13.3 Å². The van der Waals surface area contributed by atoms with Crippen molar-refractivity contribution in [3.63, 3.8) is 0 Å². The first-order valence-electron chi connectivity index (χ1n) is 5.30. The third-order valence-electron chi connectivity index (χ3n) is 2.67. The fourth-order valence-electron chi connectivity index (χ4n) is 1.58. The summed E-state index contributed by atoms with van der Waals surface area (Å²) < 4.78 is 12.1. The van der Waals surface area contributed by atoms with Crippen LogP contribution < -0.4 is 0 Å². The molecule has 86 valence electrons. The maximum absolute atomic E-state index is 5.56. The van der Waals surface area contributed by atoms with Crippen molar-refractivity contribution in [2.45, 2.75) is 25.4 Å². The van der Waals surface area contributed by atoms with Gasteiger partial charge in [-0.3, -0.25) is 0 Å². The molecule has 0 aromatic heterocycles. The topological polar surface area (TPSA) is 18.5 Å². The van der Waals surface area contributed by atoms with Gasteiger partial charge in [-0.25, -0.2) is 0 Å². The Bertz CT molecular complexity index is 144. The van der Waals surface area contributed by atoms with Crippen molar-refractivity contribution in [3.05, 3.63) is 0 Å². The lowest BCUT2D eigenvalue weighted by atomic mass is 10.4. The predicted octanol–water partition coefficient (Wildman–Crippen LogP) is 1.84. The maximum Gasteiger partial charge on any atom is 0.337 e. The number of quaternary nitrogens is 1. The summed E-state index contributed by atoms with van der Waals surface area (Å²) in [6.45, 7) is 3.34. The second kappa shape index (κ2) is 5.85. The van der Waals surface area contributed by atoms with Gasteiger partial charge in [-0.2, -0.15) is 0 Å². The van der Waals surface area contributed by atoms with Gasteiger partial charge in [0, 0.05) is 14.2 Å². The van der Waals surface area contributed by atoms with Gasteiger partial charge in [-0.15, -0.1) is 0 Å². The van der Waals surface area contributed by atoms with Crippen LogP contribution in [0.3, 0.4) is 0 Å². The van der Waals surface area contributed by atoms with Gasteiger partial charge in [0.1, 0.15) is 0 Å². The van der Waals surface area contributed by atoms with Crippen molar-refractivity contribution in [3.8, 4) is 0 Å². The lowest BCUT2D eigenvalue weighted by molar-refractivity contribution is -0.870. The van der Waals surface area contributed by atoms with Gasteiger partial charge >= 0.3 is 8.56 Å². The highest BCUT2D eigenvalue weighted by Gasteiger charge is 2.33. The summed E-state index contributed by atoms with van der Waals surface area (Å²) in [6, 6.07) is 2.14. The lowest BCUT2D eigenvalue weighted by Crippen LogP contribution is -2.41. The van der Waals surface area contributed by atoms with E-state index >= 15 is 0 Å². The molecule has 0 aromatic rings. The number of hydrogen-bond acceptors (Lipinski definition) is 2. The van der Waals surface area contributed by atoms with Gasteiger partial charge in [0.15, 0.2) is 0 Å². The Morgan fingerprint density at radius 2 is 1.57 bits per heavy atom. The molecule has 0 heterocycles. The lowest BCUT2D eigenvalue weighted by Gasteiger charge is -2.28.